The van der Waals surface area contributed by atoms with E-state index >= 15 is 0 Å². The van der Waals surface area contributed by atoms with E-state index in [0.717, 1.165) is 22.1 Å². The summed E-state index contributed by atoms with van der Waals surface area (Å²) in [4.78, 5) is 32.3. The minimum absolute atomic E-state index is 0.0917. The Morgan fingerprint density at radius 3 is 2.70 bits per heavy atom. The highest BCUT2D eigenvalue weighted by Crippen LogP contribution is 2.25. The standard InChI is InChI=1S/C24H27N3O3/c1-16-7-5-8-17(13-16)14-27-21-19(9-6-11-25-21)18-10-12-26(15-20(18)22(27)28)23(29)30-24(2,3)4/h5-9,11,13H,10,12,14-15H2,1-4H3. The van der Waals surface area contributed by atoms with Crippen LogP contribution in [-0.4, -0.2) is 32.7 Å². The molecule has 0 radical (unpaired) electrons. The Kier molecular flexibility index (Phi) is 5.10. The van der Waals surface area contributed by atoms with Gasteiger partial charge in [0.1, 0.15) is 11.2 Å². The molecule has 0 saturated carbocycles. The number of amides is 1. The molecule has 1 amide bonds. The quantitative estimate of drug-likeness (QED) is 0.645. The molecular weight excluding hydrogens is 378 g/mol. The van der Waals surface area contributed by atoms with E-state index < -0.39 is 5.60 Å². The van der Waals surface area contributed by atoms with Gasteiger partial charge in [0.25, 0.3) is 5.56 Å². The lowest BCUT2D eigenvalue weighted by Crippen LogP contribution is -2.43. The van der Waals surface area contributed by atoms with Gasteiger partial charge in [-0.1, -0.05) is 29.8 Å². The summed E-state index contributed by atoms with van der Waals surface area (Å²) in [6, 6.07) is 12.0. The van der Waals surface area contributed by atoms with E-state index in [1.165, 1.54) is 0 Å². The van der Waals surface area contributed by atoms with Crippen molar-refractivity contribution in [3.8, 4) is 0 Å². The van der Waals surface area contributed by atoms with Crippen molar-refractivity contribution in [2.45, 2.75) is 52.8 Å². The summed E-state index contributed by atoms with van der Waals surface area (Å²) in [6.45, 7) is 8.78. The minimum Gasteiger partial charge on any atom is -0.444 e. The zero-order valence-corrected chi connectivity index (χ0v) is 17.9. The van der Waals surface area contributed by atoms with Crippen LogP contribution in [0, 0.1) is 6.92 Å². The first kappa shape index (κ1) is 20.1. The number of hydrogen-bond acceptors (Lipinski definition) is 4. The van der Waals surface area contributed by atoms with E-state index in [2.05, 4.69) is 11.1 Å². The van der Waals surface area contributed by atoms with Gasteiger partial charge in [0.15, 0.2) is 0 Å². The second kappa shape index (κ2) is 7.59. The van der Waals surface area contributed by atoms with Gasteiger partial charge in [-0.25, -0.2) is 9.78 Å². The fourth-order valence-corrected chi connectivity index (χ4v) is 3.99. The average Bonchev–Trinajstić information content (AvgIpc) is 2.69. The molecule has 0 bridgehead atoms. The van der Waals surface area contributed by atoms with Gasteiger partial charge in [-0.05, 0) is 57.4 Å². The fraction of sp³-hybridized carbons (Fsp3) is 0.375. The molecule has 0 N–H and O–H groups in total. The number of hydrogen-bond donors (Lipinski definition) is 0. The van der Waals surface area contributed by atoms with E-state index in [4.69, 9.17) is 4.74 Å². The summed E-state index contributed by atoms with van der Waals surface area (Å²) < 4.78 is 7.25. The molecule has 2 aromatic heterocycles. The van der Waals surface area contributed by atoms with E-state index in [1.54, 1.807) is 15.7 Å². The van der Waals surface area contributed by atoms with Gasteiger partial charge in [0.05, 0.1) is 13.1 Å². The molecule has 6 heteroatoms. The molecule has 156 valence electrons. The van der Waals surface area contributed by atoms with Crippen LogP contribution in [-0.2, 0) is 24.2 Å². The predicted molar refractivity (Wildman–Crippen MR) is 117 cm³/mol. The molecule has 0 saturated heterocycles. The van der Waals surface area contributed by atoms with E-state index in [-0.39, 0.29) is 18.2 Å². The van der Waals surface area contributed by atoms with Crippen molar-refractivity contribution in [2.75, 3.05) is 6.54 Å². The molecule has 0 spiro atoms. The molecule has 0 atom stereocenters. The Labute approximate surface area is 176 Å². The van der Waals surface area contributed by atoms with Crippen LogP contribution < -0.4 is 5.56 Å². The van der Waals surface area contributed by atoms with Gasteiger partial charge in [-0.3, -0.25) is 9.36 Å². The zero-order chi connectivity index (χ0) is 21.5. The largest absolute Gasteiger partial charge is 0.444 e. The minimum atomic E-state index is -0.573. The average molecular weight is 405 g/mol. The Bertz CT molecular complexity index is 1170. The van der Waals surface area contributed by atoms with Gasteiger partial charge < -0.3 is 9.64 Å². The summed E-state index contributed by atoms with van der Waals surface area (Å²) in [7, 11) is 0. The van der Waals surface area contributed by atoms with E-state index in [9.17, 15) is 9.59 Å². The second-order valence-corrected chi connectivity index (χ2v) is 8.86. The highest BCUT2D eigenvalue weighted by atomic mass is 16.6. The molecule has 1 aromatic carbocycles. The number of nitrogens with zero attached hydrogens (tertiary/aromatic N) is 3. The van der Waals surface area contributed by atoms with Crippen LogP contribution in [0.2, 0.25) is 0 Å². The van der Waals surface area contributed by atoms with E-state index in [1.807, 2.05) is 58.0 Å². The molecule has 3 aromatic rings. The van der Waals surface area contributed by atoms with Crippen molar-refractivity contribution in [2.24, 2.45) is 0 Å². The number of rotatable bonds is 2. The topological polar surface area (TPSA) is 64.4 Å². The molecule has 6 nitrogen and oxygen atoms in total. The number of carbonyl (C=O) groups is 1. The third-order valence-electron chi connectivity index (χ3n) is 5.29. The van der Waals surface area contributed by atoms with Crippen molar-refractivity contribution in [1.29, 1.82) is 0 Å². The first-order chi connectivity index (χ1) is 14.2. The molecule has 4 rings (SSSR count). The van der Waals surface area contributed by atoms with E-state index in [0.29, 0.717) is 30.7 Å². The fourth-order valence-electron chi connectivity index (χ4n) is 3.99. The maximum atomic E-state index is 13.5. The van der Waals surface area contributed by atoms with Gasteiger partial charge >= 0.3 is 6.09 Å². The number of benzene rings is 1. The molecule has 30 heavy (non-hydrogen) atoms. The lowest BCUT2D eigenvalue weighted by Gasteiger charge is -2.31. The number of aryl methyl sites for hydroxylation is 1. The Morgan fingerprint density at radius 2 is 1.97 bits per heavy atom. The molecular formula is C24H27N3O3. The highest BCUT2D eigenvalue weighted by Gasteiger charge is 2.29. The van der Waals surface area contributed by atoms with Crippen LogP contribution >= 0.6 is 0 Å². The van der Waals surface area contributed by atoms with Crippen molar-refractivity contribution in [3.63, 3.8) is 0 Å². The van der Waals surface area contributed by atoms with Crippen LogP contribution in [0.15, 0.2) is 47.4 Å². The normalized spacial score (nSPS) is 13.9. The monoisotopic (exact) mass is 405 g/mol. The number of fused-ring (bicyclic) bond motifs is 3. The summed E-state index contributed by atoms with van der Waals surface area (Å²) in [5.74, 6) is 0. The third-order valence-corrected chi connectivity index (χ3v) is 5.29. The summed E-state index contributed by atoms with van der Waals surface area (Å²) >= 11 is 0. The molecule has 0 fully saturated rings. The van der Waals surface area contributed by atoms with Crippen molar-refractivity contribution in [1.82, 2.24) is 14.5 Å². The lowest BCUT2D eigenvalue weighted by atomic mass is 9.97. The summed E-state index contributed by atoms with van der Waals surface area (Å²) in [6.07, 6.45) is 1.94. The molecule has 3 heterocycles. The maximum absolute atomic E-state index is 13.5. The van der Waals surface area contributed by atoms with Gasteiger partial charge in [0.2, 0.25) is 0 Å². The SMILES string of the molecule is Cc1cccc(Cn2c(=O)c3c(c4cccnc42)CCN(C(=O)OC(C)(C)C)C3)c1. The van der Waals surface area contributed by atoms with Gasteiger partial charge in [0, 0.05) is 23.7 Å². The van der Waals surface area contributed by atoms with Crippen LogP contribution in [0.4, 0.5) is 4.79 Å². The first-order valence-corrected chi connectivity index (χ1v) is 10.3. The van der Waals surface area contributed by atoms with Gasteiger partial charge in [-0.2, -0.15) is 0 Å². The van der Waals surface area contributed by atoms with Crippen molar-refractivity contribution < 1.29 is 9.53 Å². The maximum Gasteiger partial charge on any atom is 0.410 e. The zero-order valence-electron chi connectivity index (χ0n) is 17.9. The molecule has 1 aliphatic rings. The van der Waals surface area contributed by atoms with Crippen LogP contribution in [0.1, 0.15) is 43.0 Å². The number of carbonyl (C=O) groups excluding carboxylic acids is 1. The smallest absolute Gasteiger partial charge is 0.410 e. The third kappa shape index (κ3) is 3.95. The first-order valence-electron chi connectivity index (χ1n) is 10.3. The second-order valence-electron chi connectivity index (χ2n) is 8.86. The molecule has 1 aliphatic heterocycles. The summed E-state index contributed by atoms with van der Waals surface area (Å²) in [5.41, 5.74) is 3.86. The molecule has 0 unspecified atom stereocenters. The number of ether oxygens (including phenoxy) is 1. The predicted octanol–water partition coefficient (Wildman–Crippen LogP) is 4.05. The Hall–Kier alpha value is -3.15. The van der Waals surface area contributed by atoms with Gasteiger partial charge in [-0.15, -0.1) is 0 Å². The number of aromatic nitrogens is 2. The number of pyridine rings is 2. The van der Waals surface area contributed by atoms with Crippen LogP contribution in [0.5, 0.6) is 0 Å². The Morgan fingerprint density at radius 1 is 1.17 bits per heavy atom. The molecule has 0 aliphatic carbocycles. The van der Waals surface area contributed by atoms with Crippen molar-refractivity contribution >= 4 is 17.1 Å². The van der Waals surface area contributed by atoms with Crippen LogP contribution in [0.25, 0.3) is 11.0 Å². The Balaban J connectivity index is 1.78. The van der Waals surface area contributed by atoms with Crippen molar-refractivity contribution in [3.05, 3.63) is 75.2 Å². The van der Waals surface area contributed by atoms with Crippen LogP contribution in [0.3, 0.4) is 0 Å². The lowest BCUT2D eigenvalue weighted by molar-refractivity contribution is 0.0223. The summed E-state index contributed by atoms with van der Waals surface area (Å²) in [5, 5.41) is 0.976. The highest BCUT2D eigenvalue weighted by molar-refractivity contribution is 5.81.